The fourth-order valence-corrected chi connectivity index (χ4v) is 3.91. The summed E-state index contributed by atoms with van der Waals surface area (Å²) in [5.41, 5.74) is -0.00249. The van der Waals surface area contributed by atoms with E-state index in [4.69, 9.17) is 9.84 Å². The summed E-state index contributed by atoms with van der Waals surface area (Å²) in [7, 11) is -3.97. The minimum Gasteiger partial charge on any atom is -0.481 e. The smallest absolute Gasteiger partial charge is 0.326 e. The minimum atomic E-state index is -3.97. The number of hydrogen-bond acceptors (Lipinski definition) is 6. The Kier molecular flexibility index (Phi) is 10.1. The second-order valence-corrected chi connectivity index (χ2v) is 10.1. The molecule has 0 aliphatic carbocycles. The van der Waals surface area contributed by atoms with E-state index >= 15 is 0 Å². The van der Waals surface area contributed by atoms with Gasteiger partial charge in [0.05, 0.1) is 6.42 Å². The fraction of sp³-hybridized carbons (Fsp3) is 0.571. The molecule has 174 valence electrons. The Labute approximate surface area is 183 Å². The van der Waals surface area contributed by atoms with Gasteiger partial charge in [0.2, 0.25) is 10.0 Å². The minimum absolute atomic E-state index is 0.00168. The van der Waals surface area contributed by atoms with Crippen LogP contribution >= 0.6 is 0 Å². The molecule has 3 N–H and O–H groups in total. The van der Waals surface area contributed by atoms with E-state index in [9.17, 15) is 22.8 Å². The van der Waals surface area contributed by atoms with E-state index in [0.29, 0.717) is 17.5 Å². The van der Waals surface area contributed by atoms with Crippen LogP contribution in [0.4, 0.5) is 0 Å². The Hall–Kier alpha value is -2.46. The number of hydrogen-bond donors (Lipinski definition) is 3. The summed E-state index contributed by atoms with van der Waals surface area (Å²) in [5.74, 6) is -2.30. The molecule has 1 aromatic rings. The van der Waals surface area contributed by atoms with Crippen LogP contribution in [-0.4, -0.2) is 55.3 Å². The van der Waals surface area contributed by atoms with Gasteiger partial charge in [0.1, 0.15) is 5.60 Å². The molecule has 1 amide bonds. The van der Waals surface area contributed by atoms with Crippen LogP contribution in [0, 0.1) is 0 Å². The van der Waals surface area contributed by atoms with E-state index in [-0.39, 0.29) is 25.9 Å². The SMILES string of the molecule is CCCCNS(=O)(=O)[C@@H](Cc1ccc(C(=O)NCCC(=O)O)cc1)C(=O)OC(C)(C)C. The van der Waals surface area contributed by atoms with Crippen molar-refractivity contribution in [2.45, 2.75) is 64.2 Å². The molecular weight excluding hydrogens is 424 g/mol. The molecule has 0 unspecified atom stereocenters. The number of carbonyl (C=O) groups excluding carboxylic acids is 2. The van der Waals surface area contributed by atoms with E-state index in [1.807, 2.05) is 6.92 Å². The van der Waals surface area contributed by atoms with Gasteiger partial charge < -0.3 is 15.2 Å². The third-order valence-corrected chi connectivity index (χ3v) is 5.85. The Balaban J connectivity index is 2.96. The Bertz CT molecular complexity index is 859. The molecule has 1 aromatic carbocycles. The molecule has 0 heterocycles. The molecule has 0 saturated carbocycles. The van der Waals surface area contributed by atoms with Gasteiger partial charge in [-0.2, -0.15) is 0 Å². The quantitative estimate of drug-likeness (QED) is 0.322. The first kappa shape index (κ1) is 26.6. The van der Waals surface area contributed by atoms with Crippen molar-refractivity contribution in [3.05, 3.63) is 35.4 Å². The summed E-state index contributed by atoms with van der Waals surface area (Å²) in [6.45, 7) is 7.15. The fourth-order valence-electron chi connectivity index (χ4n) is 2.57. The summed E-state index contributed by atoms with van der Waals surface area (Å²) in [5, 5.41) is 9.68. The van der Waals surface area contributed by atoms with Crippen molar-refractivity contribution in [3.8, 4) is 0 Å². The molecule has 1 rings (SSSR count). The number of unbranched alkanes of at least 4 members (excludes halogenated alkanes) is 1. The van der Waals surface area contributed by atoms with Crippen molar-refractivity contribution >= 4 is 27.9 Å². The molecule has 31 heavy (non-hydrogen) atoms. The molecule has 0 aliphatic rings. The van der Waals surface area contributed by atoms with Crippen LogP contribution in [0.3, 0.4) is 0 Å². The highest BCUT2D eigenvalue weighted by Crippen LogP contribution is 2.17. The predicted molar refractivity (Wildman–Crippen MR) is 116 cm³/mol. The Morgan fingerprint density at radius 1 is 1.10 bits per heavy atom. The third-order valence-electron chi connectivity index (χ3n) is 4.14. The largest absolute Gasteiger partial charge is 0.481 e. The molecule has 1 atom stereocenters. The second-order valence-electron chi connectivity index (χ2n) is 8.12. The van der Waals surface area contributed by atoms with Crippen LogP contribution in [-0.2, 0) is 30.8 Å². The van der Waals surface area contributed by atoms with Crippen molar-refractivity contribution in [2.24, 2.45) is 0 Å². The maximum atomic E-state index is 12.8. The highest BCUT2D eigenvalue weighted by molar-refractivity contribution is 7.90. The van der Waals surface area contributed by atoms with Crippen LogP contribution in [0.5, 0.6) is 0 Å². The van der Waals surface area contributed by atoms with Crippen molar-refractivity contribution in [1.82, 2.24) is 10.0 Å². The van der Waals surface area contributed by atoms with Gasteiger partial charge in [0.25, 0.3) is 5.91 Å². The summed E-state index contributed by atoms with van der Waals surface area (Å²) in [4.78, 5) is 35.2. The third kappa shape index (κ3) is 9.93. The van der Waals surface area contributed by atoms with E-state index in [1.165, 1.54) is 12.1 Å². The molecular formula is C21H32N2O7S. The van der Waals surface area contributed by atoms with E-state index in [0.717, 1.165) is 6.42 Å². The molecule has 10 heteroatoms. The predicted octanol–water partition coefficient (Wildman–Crippen LogP) is 1.86. The number of ether oxygens (including phenoxy) is 1. The Morgan fingerprint density at radius 2 is 1.71 bits per heavy atom. The van der Waals surface area contributed by atoms with Crippen molar-refractivity contribution < 1.29 is 32.6 Å². The molecule has 0 aliphatic heterocycles. The van der Waals surface area contributed by atoms with Crippen LogP contribution in [0.15, 0.2) is 24.3 Å². The highest BCUT2D eigenvalue weighted by atomic mass is 32.2. The molecule has 0 radical (unpaired) electrons. The lowest BCUT2D eigenvalue weighted by atomic mass is 10.1. The van der Waals surface area contributed by atoms with Crippen LogP contribution < -0.4 is 10.0 Å². The molecule has 0 spiro atoms. The molecule has 0 fully saturated rings. The highest BCUT2D eigenvalue weighted by Gasteiger charge is 2.36. The zero-order valence-electron chi connectivity index (χ0n) is 18.4. The first-order valence-corrected chi connectivity index (χ1v) is 11.7. The number of amides is 1. The van der Waals surface area contributed by atoms with E-state index in [2.05, 4.69) is 10.0 Å². The number of aliphatic carboxylic acids is 1. The number of benzene rings is 1. The van der Waals surface area contributed by atoms with Gasteiger partial charge in [-0.15, -0.1) is 0 Å². The number of carboxylic acids is 1. The standard InChI is InChI=1S/C21H32N2O7S/c1-5-6-12-23-31(28,29)17(20(27)30-21(2,3)4)14-15-7-9-16(10-8-15)19(26)22-13-11-18(24)25/h7-10,17,23H,5-6,11-14H2,1-4H3,(H,22,26)(H,24,25)/t17-/m0/s1. The van der Waals surface area contributed by atoms with Crippen LogP contribution in [0.1, 0.15) is 62.9 Å². The van der Waals surface area contributed by atoms with Gasteiger partial charge in [-0.1, -0.05) is 25.5 Å². The van der Waals surface area contributed by atoms with Crippen LogP contribution in [0.25, 0.3) is 0 Å². The van der Waals surface area contributed by atoms with E-state index < -0.39 is 38.7 Å². The molecule has 0 saturated heterocycles. The number of rotatable bonds is 12. The number of nitrogens with one attached hydrogen (secondary N) is 2. The lowest BCUT2D eigenvalue weighted by molar-refractivity contribution is -0.154. The van der Waals surface area contributed by atoms with Gasteiger partial charge in [-0.05, 0) is 44.9 Å². The monoisotopic (exact) mass is 456 g/mol. The van der Waals surface area contributed by atoms with E-state index in [1.54, 1.807) is 32.9 Å². The lowest BCUT2D eigenvalue weighted by Crippen LogP contribution is -2.44. The zero-order chi connectivity index (χ0) is 23.7. The zero-order valence-corrected chi connectivity index (χ0v) is 19.3. The van der Waals surface area contributed by atoms with Crippen molar-refractivity contribution in [1.29, 1.82) is 0 Å². The summed E-state index contributed by atoms with van der Waals surface area (Å²) in [6.07, 6.45) is 1.14. The molecule has 0 aromatic heterocycles. The number of sulfonamides is 1. The van der Waals surface area contributed by atoms with Gasteiger partial charge in [-0.3, -0.25) is 14.4 Å². The van der Waals surface area contributed by atoms with Gasteiger partial charge in [0.15, 0.2) is 5.25 Å². The average Bonchev–Trinajstić information content (AvgIpc) is 2.64. The van der Waals surface area contributed by atoms with Crippen molar-refractivity contribution in [3.63, 3.8) is 0 Å². The van der Waals surface area contributed by atoms with Crippen molar-refractivity contribution in [2.75, 3.05) is 13.1 Å². The van der Waals surface area contributed by atoms with Gasteiger partial charge >= 0.3 is 11.9 Å². The average molecular weight is 457 g/mol. The maximum absolute atomic E-state index is 12.8. The molecule has 0 bridgehead atoms. The first-order chi connectivity index (χ1) is 14.4. The van der Waals surface area contributed by atoms with Gasteiger partial charge in [0, 0.05) is 25.1 Å². The van der Waals surface area contributed by atoms with Crippen LogP contribution in [0.2, 0.25) is 0 Å². The first-order valence-electron chi connectivity index (χ1n) is 10.2. The number of carboxylic acid groups (broad SMARTS) is 1. The number of esters is 1. The topological polar surface area (TPSA) is 139 Å². The molecule has 9 nitrogen and oxygen atoms in total. The summed E-state index contributed by atoms with van der Waals surface area (Å²) >= 11 is 0. The Morgan fingerprint density at radius 3 is 2.23 bits per heavy atom. The summed E-state index contributed by atoms with van der Waals surface area (Å²) < 4.78 is 33.3. The number of carbonyl (C=O) groups is 3. The second kappa shape index (κ2) is 11.8. The maximum Gasteiger partial charge on any atom is 0.326 e. The lowest BCUT2D eigenvalue weighted by Gasteiger charge is -2.24. The summed E-state index contributed by atoms with van der Waals surface area (Å²) in [6, 6.07) is 6.11. The normalized spacial score (nSPS) is 12.8. The van der Waals surface area contributed by atoms with Gasteiger partial charge in [-0.25, -0.2) is 13.1 Å².